The Bertz CT molecular complexity index is 1290. The van der Waals surface area contributed by atoms with Crippen molar-refractivity contribution in [1.29, 1.82) is 0 Å². The highest BCUT2D eigenvalue weighted by Crippen LogP contribution is 2.26. The second-order valence-electron chi connectivity index (χ2n) is 9.39. The average molecular weight is 474 g/mol. The van der Waals surface area contributed by atoms with Gasteiger partial charge < -0.3 is 14.6 Å². The van der Waals surface area contributed by atoms with Crippen LogP contribution in [0, 0.1) is 6.92 Å². The lowest BCUT2D eigenvalue weighted by Crippen LogP contribution is -2.50. The first-order valence-electron chi connectivity index (χ1n) is 11.8. The van der Waals surface area contributed by atoms with Gasteiger partial charge >= 0.3 is 0 Å². The molecule has 1 atom stereocenters. The molecule has 1 N–H and O–H groups in total. The van der Waals surface area contributed by atoms with Crippen molar-refractivity contribution in [2.24, 2.45) is 0 Å². The van der Waals surface area contributed by atoms with Gasteiger partial charge in [-0.25, -0.2) is 4.68 Å². The van der Waals surface area contributed by atoms with Gasteiger partial charge in [-0.1, -0.05) is 54.1 Å². The van der Waals surface area contributed by atoms with Gasteiger partial charge in [-0.2, -0.15) is 0 Å². The number of aromatic nitrogens is 3. The van der Waals surface area contributed by atoms with Crippen LogP contribution < -0.4 is 5.32 Å². The summed E-state index contributed by atoms with van der Waals surface area (Å²) in [6.45, 7) is 8.10. The zero-order valence-corrected chi connectivity index (χ0v) is 20.6. The molecule has 2 aromatic carbocycles. The molecule has 4 rings (SSSR count). The van der Waals surface area contributed by atoms with Crippen LogP contribution in [0.5, 0.6) is 0 Å². The molecule has 2 heterocycles. The summed E-state index contributed by atoms with van der Waals surface area (Å²) in [4.78, 5) is 29.0. The molecule has 8 heteroatoms. The normalized spacial score (nSPS) is 12.5. The number of furan rings is 1. The number of benzene rings is 2. The molecule has 0 aliphatic rings. The summed E-state index contributed by atoms with van der Waals surface area (Å²) < 4.78 is 7.23. The molecule has 0 fully saturated rings. The molecule has 182 valence electrons. The van der Waals surface area contributed by atoms with Gasteiger partial charge in [0.1, 0.15) is 17.8 Å². The van der Waals surface area contributed by atoms with E-state index in [1.165, 1.54) is 6.26 Å². The van der Waals surface area contributed by atoms with E-state index in [-0.39, 0.29) is 24.9 Å². The summed E-state index contributed by atoms with van der Waals surface area (Å²) >= 11 is 0. The lowest BCUT2D eigenvalue weighted by molar-refractivity contribution is -0.143. The molecule has 2 aromatic heterocycles. The molecular weight excluding hydrogens is 442 g/mol. The number of nitrogens with zero attached hydrogens (tertiary/aromatic N) is 4. The average Bonchev–Trinajstić information content (AvgIpc) is 3.50. The summed E-state index contributed by atoms with van der Waals surface area (Å²) in [6.07, 6.45) is 2.25. The summed E-state index contributed by atoms with van der Waals surface area (Å²) in [7, 11) is 0. The third-order valence-corrected chi connectivity index (χ3v) is 6.22. The third-order valence-electron chi connectivity index (χ3n) is 6.22. The molecule has 0 aliphatic carbocycles. The van der Waals surface area contributed by atoms with Crippen molar-refractivity contribution in [2.75, 3.05) is 0 Å². The maximum absolute atomic E-state index is 13.8. The van der Waals surface area contributed by atoms with Crippen LogP contribution in [0.15, 0.2) is 71.3 Å². The van der Waals surface area contributed by atoms with Gasteiger partial charge in [-0.3, -0.25) is 9.59 Å². The quantitative estimate of drug-likeness (QED) is 0.389. The smallest absolute Gasteiger partial charge is 0.251 e. The number of rotatable bonds is 9. The van der Waals surface area contributed by atoms with Gasteiger partial charge in [-0.15, -0.1) is 5.10 Å². The largest absolute Gasteiger partial charge is 0.467 e. The third kappa shape index (κ3) is 5.59. The number of carbonyl (C=O) groups is 2. The fraction of sp³-hybridized carbons (Fsp3) is 0.333. The lowest BCUT2D eigenvalue weighted by Gasteiger charge is -2.33. The van der Waals surface area contributed by atoms with E-state index < -0.39 is 11.6 Å². The maximum atomic E-state index is 13.8. The molecule has 0 spiro atoms. The highest BCUT2D eigenvalue weighted by Gasteiger charge is 2.36. The van der Waals surface area contributed by atoms with Crippen LogP contribution in [-0.2, 0) is 22.7 Å². The van der Waals surface area contributed by atoms with E-state index in [1.807, 2.05) is 76.2 Å². The number of nitrogens with one attached hydrogen (secondary N) is 1. The van der Waals surface area contributed by atoms with Crippen molar-refractivity contribution in [2.45, 2.75) is 58.8 Å². The van der Waals surface area contributed by atoms with Crippen LogP contribution in [0.1, 0.15) is 50.1 Å². The minimum atomic E-state index is -0.945. The van der Waals surface area contributed by atoms with Crippen LogP contribution >= 0.6 is 0 Å². The predicted octanol–water partition coefficient (Wildman–Crippen LogP) is 4.41. The van der Waals surface area contributed by atoms with Gasteiger partial charge in [0, 0.05) is 12.1 Å². The first-order valence-corrected chi connectivity index (χ1v) is 11.8. The van der Waals surface area contributed by atoms with Crippen LogP contribution in [0.2, 0.25) is 0 Å². The van der Waals surface area contributed by atoms with Crippen molar-refractivity contribution in [3.05, 3.63) is 83.8 Å². The Balaban J connectivity index is 1.72. The van der Waals surface area contributed by atoms with Crippen molar-refractivity contribution in [3.8, 4) is 0 Å². The number of hydrogen-bond acceptors (Lipinski definition) is 5. The van der Waals surface area contributed by atoms with E-state index in [1.54, 1.807) is 21.7 Å². The second kappa shape index (κ2) is 10.1. The fourth-order valence-electron chi connectivity index (χ4n) is 3.83. The van der Waals surface area contributed by atoms with Gasteiger partial charge in [0.2, 0.25) is 5.91 Å². The van der Waals surface area contributed by atoms with Crippen LogP contribution in [0.3, 0.4) is 0 Å². The molecule has 0 aliphatic heterocycles. The Kier molecular flexibility index (Phi) is 7.00. The number of aryl methyl sites for hydroxylation is 1. The van der Waals surface area contributed by atoms with Gasteiger partial charge in [0.25, 0.3) is 5.91 Å². The SMILES string of the molecule is CCC(C)(C)NC(=O)[C@H](c1ccco1)N(Cc1ccc(C)cc1)C(=O)Cn1nnc2ccccc21. The Morgan fingerprint density at radius 3 is 2.51 bits per heavy atom. The van der Waals surface area contributed by atoms with Gasteiger partial charge in [0.05, 0.1) is 11.8 Å². The molecule has 0 unspecified atom stereocenters. The zero-order valence-electron chi connectivity index (χ0n) is 20.6. The highest BCUT2D eigenvalue weighted by atomic mass is 16.3. The molecular formula is C27H31N5O3. The molecule has 35 heavy (non-hydrogen) atoms. The Hall–Kier alpha value is -3.94. The van der Waals surface area contributed by atoms with Crippen LogP contribution in [0.4, 0.5) is 0 Å². The summed E-state index contributed by atoms with van der Waals surface area (Å²) in [6, 6.07) is 17.9. The maximum Gasteiger partial charge on any atom is 0.251 e. The number of para-hydroxylation sites is 1. The van der Waals surface area contributed by atoms with E-state index in [2.05, 4.69) is 15.6 Å². The minimum Gasteiger partial charge on any atom is -0.467 e. The Morgan fingerprint density at radius 1 is 1.09 bits per heavy atom. The molecule has 0 bridgehead atoms. The fourth-order valence-corrected chi connectivity index (χ4v) is 3.83. The van der Waals surface area contributed by atoms with Crippen molar-refractivity contribution in [1.82, 2.24) is 25.2 Å². The highest BCUT2D eigenvalue weighted by molar-refractivity contribution is 5.89. The zero-order chi connectivity index (χ0) is 25.0. The minimum absolute atomic E-state index is 0.0615. The van der Waals surface area contributed by atoms with Crippen LogP contribution in [-0.4, -0.2) is 37.2 Å². The number of amides is 2. The first-order chi connectivity index (χ1) is 16.8. The van der Waals surface area contributed by atoms with E-state index >= 15 is 0 Å². The summed E-state index contributed by atoms with van der Waals surface area (Å²) in [5.74, 6) is -0.166. The second-order valence-corrected chi connectivity index (χ2v) is 9.39. The predicted molar refractivity (Wildman–Crippen MR) is 133 cm³/mol. The molecule has 4 aromatic rings. The number of hydrogen-bond donors (Lipinski definition) is 1. The monoisotopic (exact) mass is 473 g/mol. The van der Waals surface area contributed by atoms with Gasteiger partial charge in [0.15, 0.2) is 6.04 Å². The molecule has 0 saturated carbocycles. The number of fused-ring (bicyclic) bond motifs is 1. The van der Waals surface area contributed by atoms with Crippen molar-refractivity contribution < 1.29 is 14.0 Å². The standard InChI is InChI=1S/C27H31N5O3/c1-5-27(3,4)28-26(34)25(23-11-8-16-35-23)31(17-20-14-12-19(2)13-15-20)24(33)18-32-22-10-7-6-9-21(22)29-30-32/h6-16,25H,5,17-18H2,1-4H3,(H,28,34)/t25-/m0/s1. The first kappa shape index (κ1) is 24.2. The Labute approximate surface area is 204 Å². The van der Waals surface area contributed by atoms with Crippen molar-refractivity contribution >= 4 is 22.8 Å². The van der Waals surface area contributed by atoms with E-state index in [4.69, 9.17) is 4.42 Å². The van der Waals surface area contributed by atoms with Crippen molar-refractivity contribution in [3.63, 3.8) is 0 Å². The van der Waals surface area contributed by atoms with E-state index in [0.717, 1.165) is 23.1 Å². The lowest BCUT2D eigenvalue weighted by atomic mass is 10.0. The summed E-state index contributed by atoms with van der Waals surface area (Å²) in [5.41, 5.74) is 3.04. The molecule has 8 nitrogen and oxygen atoms in total. The van der Waals surface area contributed by atoms with Crippen LogP contribution in [0.25, 0.3) is 11.0 Å². The molecule has 0 saturated heterocycles. The molecule has 2 amide bonds. The summed E-state index contributed by atoms with van der Waals surface area (Å²) in [5, 5.41) is 11.4. The topological polar surface area (TPSA) is 93.3 Å². The number of carbonyl (C=O) groups excluding carboxylic acids is 2. The van der Waals surface area contributed by atoms with E-state index in [9.17, 15) is 9.59 Å². The Morgan fingerprint density at radius 2 is 1.83 bits per heavy atom. The van der Waals surface area contributed by atoms with E-state index in [0.29, 0.717) is 11.3 Å². The molecule has 0 radical (unpaired) electrons. The van der Waals surface area contributed by atoms with Gasteiger partial charge in [-0.05, 0) is 57.0 Å².